The lowest BCUT2D eigenvalue weighted by molar-refractivity contribution is -0.118. The third-order valence-electron chi connectivity index (χ3n) is 2.81. The van der Waals surface area contributed by atoms with Crippen molar-refractivity contribution in [1.29, 1.82) is 0 Å². The number of thiophene rings is 1. The van der Waals surface area contributed by atoms with Crippen LogP contribution in [0, 0.1) is 0 Å². The van der Waals surface area contributed by atoms with Crippen LogP contribution in [-0.4, -0.2) is 34.9 Å². The molecule has 0 saturated carbocycles. The number of carbonyl (C=O) groups is 1. The van der Waals surface area contributed by atoms with E-state index in [9.17, 15) is 4.79 Å². The van der Waals surface area contributed by atoms with Crippen LogP contribution in [0.2, 0.25) is 0 Å². The van der Waals surface area contributed by atoms with Crippen LogP contribution < -0.4 is 10.6 Å². The Morgan fingerprint density at radius 2 is 2.27 bits per heavy atom. The molecule has 2 aromatic heterocycles. The normalized spacial score (nSPS) is 10.6. The number of hydrogen-bond acceptors (Lipinski definition) is 7. The molecule has 5 nitrogen and oxygen atoms in total. The second kappa shape index (κ2) is 9.81. The molecule has 0 aliphatic heterocycles. The van der Waals surface area contributed by atoms with Gasteiger partial charge in [-0.05, 0) is 24.3 Å². The Hall–Kier alpha value is -1.12. The molecule has 0 bridgehead atoms. The number of nitrogens with one attached hydrogen (secondary N) is 2. The molecule has 0 saturated heterocycles. The summed E-state index contributed by atoms with van der Waals surface area (Å²) in [6, 6.07) is 4.19. The molecule has 0 radical (unpaired) electrons. The number of anilines is 1. The van der Waals surface area contributed by atoms with Crippen molar-refractivity contribution in [3.8, 4) is 0 Å². The highest BCUT2D eigenvalue weighted by Crippen LogP contribution is 2.25. The molecule has 8 heteroatoms. The molecule has 2 aromatic rings. The first-order valence-corrected chi connectivity index (χ1v) is 9.95. The fourth-order valence-electron chi connectivity index (χ4n) is 1.67. The molecule has 2 N–H and O–H groups in total. The number of amides is 1. The standard InChI is InChI=1S/C14H20N4OS3/c1-2-3-7-15-12(19)10-21-14-18-17-13(22-14)16-8-6-11-5-4-9-20-11/h4-5,9H,2-3,6-8,10H2,1H3,(H,15,19)(H,16,17). The highest BCUT2D eigenvalue weighted by Gasteiger charge is 2.07. The highest BCUT2D eigenvalue weighted by molar-refractivity contribution is 8.01. The van der Waals surface area contributed by atoms with Gasteiger partial charge in [-0.3, -0.25) is 4.79 Å². The van der Waals surface area contributed by atoms with E-state index in [1.165, 1.54) is 28.0 Å². The Labute approximate surface area is 142 Å². The molecule has 0 aliphatic rings. The number of nitrogens with zero attached hydrogens (tertiary/aromatic N) is 2. The molecule has 0 spiro atoms. The molecular formula is C14H20N4OS3. The summed E-state index contributed by atoms with van der Waals surface area (Å²) in [5.41, 5.74) is 0. The van der Waals surface area contributed by atoms with Gasteiger partial charge in [0.05, 0.1) is 5.75 Å². The minimum atomic E-state index is 0.0563. The van der Waals surface area contributed by atoms with Crippen LogP contribution in [0.5, 0.6) is 0 Å². The van der Waals surface area contributed by atoms with Crippen molar-refractivity contribution in [2.75, 3.05) is 24.2 Å². The number of carbonyl (C=O) groups excluding carboxylic acids is 1. The number of aromatic nitrogens is 2. The van der Waals surface area contributed by atoms with E-state index in [2.05, 4.69) is 45.3 Å². The van der Waals surface area contributed by atoms with E-state index in [-0.39, 0.29) is 5.91 Å². The van der Waals surface area contributed by atoms with E-state index in [0.717, 1.165) is 41.8 Å². The third-order valence-corrected chi connectivity index (χ3v) is 5.76. The lowest BCUT2D eigenvalue weighted by atomic mass is 10.3. The SMILES string of the molecule is CCCCNC(=O)CSc1nnc(NCCc2cccs2)s1. The van der Waals surface area contributed by atoms with Gasteiger partial charge in [-0.2, -0.15) is 0 Å². The van der Waals surface area contributed by atoms with Gasteiger partial charge in [-0.1, -0.05) is 42.5 Å². The fraction of sp³-hybridized carbons (Fsp3) is 0.500. The molecule has 0 aliphatic carbocycles. The Morgan fingerprint density at radius 1 is 1.36 bits per heavy atom. The van der Waals surface area contributed by atoms with E-state index >= 15 is 0 Å². The second-order valence-electron chi connectivity index (χ2n) is 4.62. The first kappa shape index (κ1) is 17.2. The van der Waals surface area contributed by atoms with Gasteiger partial charge in [0.1, 0.15) is 0 Å². The zero-order chi connectivity index (χ0) is 15.6. The van der Waals surface area contributed by atoms with Gasteiger partial charge >= 0.3 is 0 Å². The zero-order valence-corrected chi connectivity index (χ0v) is 15.0. The lowest BCUT2D eigenvalue weighted by Crippen LogP contribution is -2.25. The molecule has 2 heterocycles. The monoisotopic (exact) mass is 356 g/mol. The summed E-state index contributed by atoms with van der Waals surface area (Å²) in [5.74, 6) is 0.453. The van der Waals surface area contributed by atoms with Crippen LogP contribution in [0.4, 0.5) is 5.13 Å². The summed E-state index contributed by atoms with van der Waals surface area (Å²) >= 11 is 4.69. The molecule has 0 unspecified atom stereocenters. The van der Waals surface area contributed by atoms with Crippen molar-refractivity contribution < 1.29 is 4.79 Å². The molecular weight excluding hydrogens is 336 g/mol. The van der Waals surface area contributed by atoms with Gasteiger partial charge < -0.3 is 10.6 Å². The Balaban J connectivity index is 1.64. The highest BCUT2D eigenvalue weighted by atomic mass is 32.2. The largest absolute Gasteiger partial charge is 0.360 e. The topological polar surface area (TPSA) is 66.9 Å². The summed E-state index contributed by atoms with van der Waals surface area (Å²) < 4.78 is 0.823. The van der Waals surface area contributed by atoms with Crippen molar-refractivity contribution in [2.24, 2.45) is 0 Å². The van der Waals surface area contributed by atoms with Crippen LogP contribution in [-0.2, 0) is 11.2 Å². The molecule has 1 amide bonds. The van der Waals surface area contributed by atoms with Crippen molar-refractivity contribution in [1.82, 2.24) is 15.5 Å². The van der Waals surface area contributed by atoms with Crippen molar-refractivity contribution >= 4 is 45.5 Å². The Morgan fingerprint density at radius 3 is 3.05 bits per heavy atom. The van der Waals surface area contributed by atoms with E-state index in [1.807, 2.05) is 0 Å². The summed E-state index contributed by atoms with van der Waals surface area (Å²) in [4.78, 5) is 13.0. The smallest absolute Gasteiger partial charge is 0.230 e. The Kier molecular flexibility index (Phi) is 7.68. The Bertz CT molecular complexity index is 556. The van der Waals surface area contributed by atoms with Crippen molar-refractivity contribution in [2.45, 2.75) is 30.5 Å². The minimum Gasteiger partial charge on any atom is -0.360 e. The van der Waals surface area contributed by atoms with Gasteiger partial charge in [0.2, 0.25) is 11.0 Å². The average Bonchev–Trinajstić information content (AvgIpc) is 3.17. The van der Waals surface area contributed by atoms with Crippen LogP contribution in [0.25, 0.3) is 0 Å². The van der Waals surface area contributed by atoms with Gasteiger partial charge in [0, 0.05) is 18.0 Å². The van der Waals surface area contributed by atoms with Gasteiger partial charge in [-0.15, -0.1) is 21.5 Å². The third kappa shape index (κ3) is 6.33. The van der Waals surface area contributed by atoms with Crippen LogP contribution in [0.1, 0.15) is 24.6 Å². The zero-order valence-electron chi connectivity index (χ0n) is 12.5. The summed E-state index contributed by atoms with van der Waals surface area (Å²) in [5, 5.41) is 17.2. The van der Waals surface area contributed by atoms with E-state index in [1.54, 1.807) is 11.3 Å². The first-order valence-electron chi connectivity index (χ1n) is 7.27. The number of rotatable bonds is 10. The number of unbranched alkanes of at least 4 members (excludes halogenated alkanes) is 1. The summed E-state index contributed by atoms with van der Waals surface area (Å²) in [6.07, 6.45) is 3.09. The quantitative estimate of drug-likeness (QED) is 0.505. The molecule has 0 atom stereocenters. The van der Waals surface area contributed by atoms with Crippen LogP contribution in [0.3, 0.4) is 0 Å². The maximum Gasteiger partial charge on any atom is 0.230 e. The summed E-state index contributed by atoms with van der Waals surface area (Å²) in [7, 11) is 0. The number of thioether (sulfide) groups is 1. The van der Waals surface area contributed by atoms with E-state index in [4.69, 9.17) is 0 Å². The van der Waals surface area contributed by atoms with Crippen molar-refractivity contribution in [3.63, 3.8) is 0 Å². The van der Waals surface area contributed by atoms with Crippen LogP contribution >= 0.6 is 34.4 Å². The van der Waals surface area contributed by atoms with Crippen LogP contribution in [0.15, 0.2) is 21.9 Å². The lowest BCUT2D eigenvalue weighted by Gasteiger charge is -2.02. The first-order chi connectivity index (χ1) is 10.8. The van der Waals surface area contributed by atoms with E-state index in [0.29, 0.717) is 5.75 Å². The predicted octanol–water partition coefficient (Wildman–Crippen LogP) is 3.26. The molecule has 0 aromatic carbocycles. The van der Waals surface area contributed by atoms with Gasteiger partial charge in [0.15, 0.2) is 4.34 Å². The second-order valence-corrected chi connectivity index (χ2v) is 7.85. The number of hydrogen-bond donors (Lipinski definition) is 2. The maximum absolute atomic E-state index is 11.6. The van der Waals surface area contributed by atoms with Gasteiger partial charge in [-0.25, -0.2) is 0 Å². The molecule has 2 rings (SSSR count). The predicted molar refractivity (Wildman–Crippen MR) is 95.1 cm³/mol. The molecule has 22 heavy (non-hydrogen) atoms. The maximum atomic E-state index is 11.6. The minimum absolute atomic E-state index is 0.0563. The van der Waals surface area contributed by atoms with E-state index < -0.39 is 0 Å². The molecule has 0 fully saturated rings. The molecule has 120 valence electrons. The fourth-order valence-corrected chi connectivity index (χ4v) is 3.99. The average molecular weight is 357 g/mol. The summed E-state index contributed by atoms with van der Waals surface area (Å²) in [6.45, 7) is 3.70. The van der Waals surface area contributed by atoms with Crippen molar-refractivity contribution in [3.05, 3.63) is 22.4 Å². The van der Waals surface area contributed by atoms with Gasteiger partial charge in [0.25, 0.3) is 0 Å².